The van der Waals surface area contributed by atoms with Gasteiger partial charge in [-0.25, -0.2) is 4.79 Å². The van der Waals surface area contributed by atoms with E-state index in [2.05, 4.69) is 27.4 Å². The summed E-state index contributed by atoms with van der Waals surface area (Å²) in [5, 5.41) is 0. The van der Waals surface area contributed by atoms with Gasteiger partial charge in [0.25, 0.3) is 0 Å². The van der Waals surface area contributed by atoms with E-state index in [-0.39, 0.29) is 18.1 Å². The molecule has 0 saturated carbocycles. The minimum Gasteiger partial charge on any atom is -0.463 e. The molecule has 0 N–H and O–H groups in total. The standard InChI is InChI=1S/C18H34NO4/c1-6-19(7-2,8-3)14-12-10-11-13-17(20)23-15-16(5)18(21)22-9-4/h5-15H2,1-4H3/q+1. The third-order valence-corrected chi connectivity index (χ3v) is 4.50. The lowest BCUT2D eigenvalue weighted by Crippen LogP contribution is -2.48. The van der Waals surface area contributed by atoms with E-state index in [0.29, 0.717) is 13.0 Å². The van der Waals surface area contributed by atoms with Crippen LogP contribution in [0.3, 0.4) is 0 Å². The first-order valence-electron chi connectivity index (χ1n) is 8.80. The zero-order valence-corrected chi connectivity index (χ0v) is 15.4. The molecule has 134 valence electrons. The summed E-state index contributed by atoms with van der Waals surface area (Å²) in [6.45, 7) is 16.8. The fraction of sp³-hybridized carbons (Fsp3) is 0.778. The fourth-order valence-electron chi connectivity index (χ4n) is 2.57. The summed E-state index contributed by atoms with van der Waals surface area (Å²) in [5.74, 6) is -0.786. The summed E-state index contributed by atoms with van der Waals surface area (Å²) in [7, 11) is 0. The Morgan fingerprint density at radius 1 is 0.913 bits per heavy atom. The van der Waals surface area contributed by atoms with Crippen molar-refractivity contribution < 1.29 is 23.5 Å². The molecule has 0 aliphatic rings. The van der Waals surface area contributed by atoms with Crippen LogP contribution in [0.1, 0.15) is 53.4 Å². The highest BCUT2D eigenvalue weighted by atomic mass is 16.5. The van der Waals surface area contributed by atoms with Gasteiger partial charge in [-0.05, 0) is 47.0 Å². The molecule has 0 fully saturated rings. The molecule has 5 heteroatoms. The van der Waals surface area contributed by atoms with Crippen LogP contribution in [0.4, 0.5) is 0 Å². The van der Waals surface area contributed by atoms with Crippen molar-refractivity contribution in [2.45, 2.75) is 53.4 Å². The molecule has 0 aromatic heterocycles. The molecule has 0 bridgehead atoms. The van der Waals surface area contributed by atoms with Crippen molar-refractivity contribution >= 4 is 11.9 Å². The molecule has 5 nitrogen and oxygen atoms in total. The number of quaternary nitrogens is 1. The molecule has 0 aliphatic carbocycles. The van der Waals surface area contributed by atoms with Crippen LogP contribution >= 0.6 is 0 Å². The van der Waals surface area contributed by atoms with Crippen LogP contribution in [0.2, 0.25) is 0 Å². The van der Waals surface area contributed by atoms with E-state index in [4.69, 9.17) is 9.47 Å². The van der Waals surface area contributed by atoms with Gasteiger partial charge in [-0.1, -0.05) is 6.58 Å². The Labute approximate surface area is 141 Å². The average Bonchev–Trinajstić information content (AvgIpc) is 2.56. The highest BCUT2D eigenvalue weighted by molar-refractivity contribution is 5.88. The molecule has 0 spiro atoms. The van der Waals surface area contributed by atoms with Crippen LogP contribution in [0.15, 0.2) is 12.2 Å². The molecule has 23 heavy (non-hydrogen) atoms. The van der Waals surface area contributed by atoms with Gasteiger partial charge >= 0.3 is 11.9 Å². The number of rotatable bonds is 13. The number of unbranched alkanes of at least 4 members (excludes halogenated alkanes) is 2. The van der Waals surface area contributed by atoms with Crippen molar-refractivity contribution in [3.63, 3.8) is 0 Å². The summed E-state index contributed by atoms with van der Waals surface area (Å²) in [5.41, 5.74) is 0.177. The zero-order chi connectivity index (χ0) is 17.7. The number of hydrogen-bond acceptors (Lipinski definition) is 4. The van der Waals surface area contributed by atoms with Crippen molar-refractivity contribution in [3.05, 3.63) is 12.2 Å². The topological polar surface area (TPSA) is 52.6 Å². The largest absolute Gasteiger partial charge is 0.463 e. The van der Waals surface area contributed by atoms with Gasteiger partial charge in [0, 0.05) is 6.42 Å². The third-order valence-electron chi connectivity index (χ3n) is 4.50. The number of hydrogen-bond donors (Lipinski definition) is 0. The Morgan fingerprint density at radius 3 is 2.04 bits per heavy atom. The Kier molecular flexibility index (Phi) is 11.4. The van der Waals surface area contributed by atoms with E-state index >= 15 is 0 Å². The molecule has 0 aromatic rings. The highest BCUT2D eigenvalue weighted by Crippen LogP contribution is 2.11. The second-order valence-electron chi connectivity index (χ2n) is 5.81. The second-order valence-corrected chi connectivity index (χ2v) is 5.81. The zero-order valence-electron chi connectivity index (χ0n) is 15.4. The van der Waals surface area contributed by atoms with Gasteiger partial charge in [0.2, 0.25) is 0 Å². The Morgan fingerprint density at radius 2 is 1.52 bits per heavy atom. The summed E-state index contributed by atoms with van der Waals surface area (Å²) in [4.78, 5) is 23.0. The predicted molar refractivity (Wildman–Crippen MR) is 92.0 cm³/mol. The van der Waals surface area contributed by atoms with Gasteiger partial charge in [0.15, 0.2) is 0 Å². The van der Waals surface area contributed by atoms with Crippen LogP contribution in [-0.4, -0.2) is 55.8 Å². The van der Waals surface area contributed by atoms with Crippen LogP contribution in [0.5, 0.6) is 0 Å². The average molecular weight is 328 g/mol. The van der Waals surface area contributed by atoms with Gasteiger partial charge in [0.05, 0.1) is 38.4 Å². The fourth-order valence-corrected chi connectivity index (χ4v) is 2.57. The first-order chi connectivity index (χ1) is 10.9. The van der Waals surface area contributed by atoms with Crippen molar-refractivity contribution in [2.24, 2.45) is 0 Å². The van der Waals surface area contributed by atoms with Gasteiger partial charge < -0.3 is 14.0 Å². The van der Waals surface area contributed by atoms with Crippen LogP contribution < -0.4 is 0 Å². The van der Waals surface area contributed by atoms with Crippen LogP contribution in [-0.2, 0) is 19.1 Å². The van der Waals surface area contributed by atoms with E-state index < -0.39 is 5.97 Å². The van der Waals surface area contributed by atoms with E-state index in [9.17, 15) is 9.59 Å². The molecule has 0 atom stereocenters. The van der Waals surface area contributed by atoms with Gasteiger partial charge in [-0.2, -0.15) is 0 Å². The quantitative estimate of drug-likeness (QED) is 0.226. The SMILES string of the molecule is C=C(COC(=O)CCCCC[N+](CC)(CC)CC)C(=O)OCC. The van der Waals surface area contributed by atoms with Crippen LogP contribution in [0, 0.1) is 0 Å². The molecule has 0 amide bonds. The smallest absolute Gasteiger partial charge is 0.336 e. The Bertz CT molecular complexity index is 367. The van der Waals surface area contributed by atoms with Crippen molar-refractivity contribution in [2.75, 3.05) is 39.4 Å². The molecule has 0 saturated heterocycles. The van der Waals surface area contributed by atoms with E-state index in [1.165, 1.54) is 0 Å². The lowest BCUT2D eigenvalue weighted by molar-refractivity contribution is -0.923. The number of nitrogens with zero attached hydrogens (tertiary/aromatic N) is 1. The molecular weight excluding hydrogens is 294 g/mol. The minimum absolute atomic E-state index is 0.0842. The van der Waals surface area contributed by atoms with Crippen LogP contribution in [0.25, 0.3) is 0 Å². The molecule has 0 rings (SSSR count). The van der Waals surface area contributed by atoms with E-state index in [1.807, 2.05) is 0 Å². The lowest BCUT2D eigenvalue weighted by Gasteiger charge is -2.35. The lowest BCUT2D eigenvalue weighted by atomic mass is 10.1. The third kappa shape index (κ3) is 8.74. The number of carbonyl (C=O) groups excluding carboxylic acids is 2. The van der Waals surface area contributed by atoms with E-state index in [1.54, 1.807) is 6.92 Å². The normalized spacial score (nSPS) is 11.1. The first-order valence-corrected chi connectivity index (χ1v) is 8.80. The van der Waals surface area contributed by atoms with E-state index in [0.717, 1.165) is 49.9 Å². The second kappa shape index (κ2) is 12.1. The minimum atomic E-state index is -0.506. The Balaban J connectivity index is 3.83. The molecule has 0 unspecified atom stereocenters. The van der Waals surface area contributed by atoms with Gasteiger partial charge in [-0.15, -0.1) is 0 Å². The molecule has 0 aromatic carbocycles. The van der Waals surface area contributed by atoms with Crippen molar-refractivity contribution in [1.29, 1.82) is 0 Å². The summed E-state index contributed by atoms with van der Waals surface area (Å²) < 4.78 is 11.0. The molecule has 0 radical (unpaired) electrons. The maximum absolute atomic E-state index is 11.6. The number of carbonyl (C=O) groups is 2. The molecular formula is C18H34NO4+. The van der Waals surface area contributed by atoms with Gasteiger partial charge in [-0.3, -0.25) is 4.79 Å². The maximum Gasteiger partial charge on any atom is 0.336 e. The molecule has 0 heterocycles. The predicted octanol–water partition coefficient (Wildman–Crippen LogP) is 3.09. The number of ether oxygens (including phenoxy) is 2. The number of esters is 2. The monoisotopic (exact) mass is 328 g/mol. The van der Waals surface area contributed by atoms with Gasteiger partial charge in [0.1, 0.15) is 6.61 Å². The Hall–Kier alpha value is -1.36. The summed E-state index contributed by atoms with van der Waals surface area (Å²) in [6, 6.07) is 0. The molecule has 0 aliphatic heterocycles. The highest BCUT2D eigenvalue weighted by Gasteiger charge is 2.19. The van der Waals surface area contributed by atoms with Crippen molar-refractivity contribution in [3.8, 4) is 0 Å². The maximum atomic E-state index is 11.6. The van der Waals surface area contributed by atoms with Crippen molar-refractivity contribution in [1.82, 2.24) is 0 Å². The summed E-state index contributed by atoms with van der Waals surface area (Å²) >= 11 is 0. The first kappa shape index (κ1) is 21.6. The summed E-state index contributed by atoms with van der Waals surface area (Å²) in [6.07, 6.45) is 3.36.